The Hall–Kier alpha value is -2.92. The molecule has 0 saturated heterocycles. The van der Waals surface area contributed by atoms with E-state index in [0.29, 0.717) is 36.8 Å². The van der Waals surface area contributed by atoms with Gasteiger partial charge in [0, 0.05) is 30.3 Å². The average Bonchev–Trinajstić information content (AvgIpc) is 3.36. The lowest BCUT2D eigenvalue weighted by Crippen LogP contribution is -2.25. The van der Waals surface area contributed by atoms with Crippen LogP contribution in [0.5, 0.6) is 0 Å². The van der Waals surface area contributed by atoms with Crippen molar-refractivity contribution in [1.29, 1.82) is 0 Å². The first-order chi connectivity index (χ1) is 13.7. The molecule has 144 valence electrons. The molecular formula is C23H23FN2O2. The van der Waals surface area contributed by atoms with Crippen molar-refractivity contribution in [2.45, 2.75) is 38.5 Å². The van der Waals surface area contributed by atoms with Crippen LogP contribution in [0.4, 0.5) is 4.39 Å². The van der Waals surface area contributed by atoms with Crippen molar-refractivity contribution in [2.75, 3.05) is 0 Å². The lowest BCUT2D eigenvalue weighted by molar-refractivity contribution is 0.0951. The molecule has 0 unspecified atom stereocenters. The number of benzene rings is 2. The van der Waals surface area contributed by atoms with Gasteiger partial charge in [-0.3, -0.25) is 9.69 Å². The Labute approximate surface area is 164 Å². The molecule has 0 spiro atoms. The van der Waals surface area contributed by atoms with Crippen LogP contribution in [0.3, 0.4) is 0 Å². The van der Waals surface area contributed by atoms with E-state index in [0.717, 1.165) is 24.2 Å². The maximum absolute atomic E-state index is 14.1. The Balaban J connectivity index is 1.46. The van der Waals surface area contributed by atoms with E-state index in [1.807, 2.05) is 42.5 Å². The summed E-state index contributed by atoms with van der Waals surface area (Å²) in [6.07, 6.45) is 3.78. The third-order valence-electron chi connectivity index (χ3n) is 4.85. The van der Waals surface area contributed by atoms with Crippen molar-refractivity contribution in [1.82, 2.24) is 10.2 Å². The Morgan fingerprint density at radius 3 is 2.46 bits per heavy atom. The molecule has 1 amide bonds. The summed E-state index contributed by atoms with van der Waals surface area (Å²) in [5.74, 6) is 0.601. The zero-order chi connectivity index (χ0) is 19.3. The summed E-state index contributed by atoms with van der Waals surface area (Å²) in [5, 5.41) is 3.00. The fraction of sp³-hybridized carbons (Fsp3) is 0.261. The molecule has 28 heavy (non-hydrogen) atoms. The van der Waals surface area contributed by atoms with Crippen LogP contribution in [0.15, 0.2) is 71.3 Å². The smallest absolute Gasteiger partial charge is 0.251 e. The van der Waals surface area contributed by atoms with Crippen molar-refractivity contribution in [3.8, 4) is 0 Å². The topological polar surface area (TPSA) is 45.5 Å². The number of carbonyl (C=O) groups excluding carboxylic acids is 1. The molecule has 1 fully saturated rings. The molecule has 1 heterocycles. The molecule has 3 aromatic rings. The number of hydrogen-bond acceptors (Lipinski definition) is 3. The molecule has 5 heteroatoms. The van der Waals surface area contributed by atoms with Gasteiger partial charge in [0.05, 0.1) is 12.8 Å². The van der Waals surface area contributed by atoms with Crippen LogP contribution < -0.4 is 5.32 Å². The number of nitrogens with one attached hydrogen (secondary N) is 1. The molecule has 1 aromatic heterocycles. The molecule has 4 rings (SSSR count). The van der Waals surface area contributed by atoms with Gasteiger partial charge >= 0.3 is 0 Å². The van der Waals surface area contributed by atoms with Crippen LogP contribution in [-0.4, -0.2) is 16.8 Å². The first kappa shape index (κ1) is 18.4. The highest BCUT2D eigenvalue weighted by atomic mass is 19.1. The van der Waals surface area contributed by atoms with Gasteiger partial charge in [0.25, 0.3) is 5.91 Å². The van der Waals surface area contributed by atoms with E-state index in [4.69, 9.17) is 4.42 Å². The van der Waals surface area contributed by atoms with E-state index in [1.165, 1.54) is 6.07 Å². The summed E-state index contributed by atoms with van der Waals surface area (Å²) >= 11 is 0. The minimum Gasteiger partial charge on any atom is -0.468 e. The lowest BCUT2D eigenvalue weighted by Gasteiger charge is -2.22. The number of nitrogens with zero attached hydrogens (tertiary/aromatic N) is 1. The maximum atomic E-state index is 14.1. The van der Waals surface area contributed by atoms with Crippen LogP contribution in [0.25, 0.3) is 0 Å². The summed E-state index contributed by atoms with van der Waals surface area (Å²) in [5.41, 5.74) is 2.38. The average molecular weight is 378 g/mol. The minimum absolute atomic E-state index is 0.0205. The monoisotopic (exact) mass is 378 g/mol. The number of hydrogen-bond donors (Lipinski definition) is 1. The fourth-order valence-electron chi connectivity index (χ4n) is 3.17. The quantitative estimate of drug-likeness (QED) is 0.627. The third kappa shape index (κ3) is 4.87. The van der Waals surface area contributed by atoms with Crippen LogP contribution in [0.1, 0.15) is 40.1 Å². The van der Waals surface area contributed by atoms with Gasteiger partial charge in [-0.2, -0.15) is 0 Å². The van der Waals surface area contributed by atoms with Gasteiger partial charge < -0.3 is 9.73 Å². The molecule has 0 aliphatic heterocycles. The van der Waals surface area contributed by atoms with E-state index in [-0.39, 0.29) is 11.7 Å². The zero-order valence-electron chi connectivity index (χ0n) is 15.6. The fourth-order valence-corrected chi connectivity index (χ4v) is 3.17. The van der Waals surface area contributed by atoms with Gasteiger partial charge in [-0.05, 0) is 48.7 Å². The number of halogens is 1. The second-order valence-electron chi connectivity index (χ2n) is 7.26. The highest BCUT2D eigenvalue weighted by Gasteiger charge is 2.23. The van der Waals surface area contributed by atoms with Crippen LogP contribution in [0, 0.1) is 5.82 Å². The SMILES string of the molecule is O=C(NC1CC1)c1ccc(CN(Cc2ccco2)Cc2ccccc2F)cc1. The highest BCUT2D eigenvalue weighted by molar-refractivity contribution is 5.94. The summed E-state index contributed by atoms with van der Waals surface area (Å²) < 4.78 is 19.6. The molecule has 1 saturated carbocycles. The molecule has 2 aromatic carbocycles. The summed E-state index contributed by atoms with van der Waals surface area (Å²) in [6, 6.07) is 18.5. The number of carbonyl (C=O) groups is 1. The Bertz CT molecular complexity index is 918. The van der Waals surface area contributed by atoms with E-state index < -0.39 is 0 Å². The Morgan fingerprint density at radius 1 is 1.00 bits per heavy atom. The normalized spacial score (nSPS) is 13.6. The molecule has 1 N–H and O–H groups in total. The second-order valence-corrected chi connectivity index (χ2v) is 7.26. The van der Waals surface area contributed by atoms with Gasteiger partial charge in [-0.25, -0.2) is 4.39 Å². The molecule has 1 aliphatic carbocycles. The summed E-state index contributed by atoms with van der Waals surface area (Å²) in [7, 11) is 0. The minimum atomic E-state index is -0.209. The van der Waals surface area contributed by atoms with E-state index >= 15 is 0 Å². The first-order valence-corrected chi connectivity index (χ1v) is 9.55. The summed E-state index contributed by atoms with van der Waals surface area (Å²) in [4.78, 5) is 14.3. The van der Waals surface area contributed by atoms with Crippen molar-refractivity contribution in [3.05, 3.63) is 95.2 Å². The van der Waals surface area contributed by atoms with Gasteiger partial charge in [0.1, 0.15) is 11.6 Å². The standard InChI is InChI=1S/C23H23FN2O2/c24-22-6-2-1-4-19(22)15-26(16-21-5-3-13-28-21)14-17-7-9-18(10-8-17)23(27)25-20-11-12-20/h1-10,13,20H,11-12,14-16H2,(H,25,27). The molecule has 0 atom stereocenters. The number of furan rings is 1. The lowest BCUT2D eigenvalue weighted by atomic mass is 10.1. The second kappa shape index (κ2) is 8.40. The van der Waals surface area contributed by atoms with E-state index in [1.54, 1.807) is 18.4 Å². The van der Waals surface area contributed by atoms with Crippen LogP contribution in [0.2, 0.25) is 0 Å². The Kier molecular flexibility index (Phi) is 5.53. The molecular weight excluding hydrogens is 355 g/mol. The van der Waals surface area contributed by atoms with Crippen LogP contribution in [-0.2, 0) is 19.6 Å². The highest BCUT2D eigenvalue weighted by Crippen LogP contribution is 2.20. The van der Waals surface area contributed by atoms with Crippen LogP contribution >= 0.6 is 0 Å². The predicted octanol–water partition coefficient (Wildman–Crippen LogP) is 4.51. The first-order valence-electron chi connectivity index (χ1n) is 9.55. The van der Waals surface area contributed by atoms with Gasteiger partial charge in [-0.15, -0.1) is 0 Å². The van der Waals surface area contributed by atoms with E-state index in [9.17, 15) is 9.18 Å². The molecule has 4 nitrogen and oxygen atoms in total. The predicted molar refractivity (Wildman–Crippen MR) is 105 cm³/mol. The largest absolute Gasteiger partial charge is 0.468 e. The Morgan fingerprint density at radius 2 is 1.79 bits per heavy atom. The van der Waals surface area contributed by atoms with Gasteiger partial charge in [-0.1, -0.05) is 30.3 Å². The third-order valence-corrected chi connectivity index (χ3v) is 4.85. The van der Waals surface area contributed by atoms with Crippen molar-refractivity contribution in [2.24, 2.45) is 0 Å². The number of amides is 1. The van der Waals surface area contributed by atoms with E-state index in [2.05, 4.69) is 10.2 Å². The van der Waals surface area contributed by atoms with Gasteiger partial charge in [0.15, 0.2) is 0 Å². The number of rotatable bonds is 8. The molecule has 1 aliphatic rings. The van der Waals surface area contributed by atoms with Crippen molar-refractivity contribution >= 4 is 5.91 Å². The maximum Gasteiger partial charge on any atom is 0.251 e. The van der Waals surface area contributed by atoms with Gasteiger partial charge in [0.2, 0.25) is 0 Å². The van der Waals surface area contributed by atoms with Crippen molar-refractivity contribution < 1.29 is 13.6 Å². The molecule has 0 bridgehead atoms. The summed E-state index contributed by atoms with van der Waals surface area (Å²) in [6.45, 7) is 1.67. The van der Waals surface area contributed by atoms with Crippen molar-refractivity contribution in [3.63, 3.8) is 0 Å². The molecule has 0 radical (unpaired) electrons. The zero-order valence-corrected chi connectivity index (χ0v) is 15.6.